The number of primary amides is 1. The molecule has 3 rings (SSSR count). The number of hydrogen-bond donors (Lipinski definition) is 1. The molecule has 3 atom stereocenters. The molecule has 0 aromatic heterocycles. The number of nitrogens with two attached hydrogens (primary N) is 1. The molecule has 1 saturated heterocycles. The van der Waals surface area contributed by atoms with Gasteiger partial charge in [-0.15, -0.1) is 0 Å². The molecule has 2 aliphatic rings. The van der Waals surface area contributed by atoms with Crippen LogP contribution in [0.2, 0.25) is 0 Å². The Kier molecular flexibility index (Phi) is 4.68. The largest absolute Gasteiger partial charge is 0.368 e. The third kappa shape index (κ3) is 3.20. The number of rotatable bonds is 3. The number of nitrogens with zero attached hydrogens (tertiary/aromatic N) is 2. The summed E-state index contributed by atoms with van der Waals surface area (Å²) in [6, 6.07) is 6.81. The minimum absolute atomic E-state index is 0.200. The summed E-state index contributed by atoms with van der Waals surface area (Å²) >= 11 is 0. The maximum absolute atomic E-state index is 13.2. The lowest BCUT2D eigenvalue weighted by Crippen LogP contribution is -2.57. The van der Waals surface area contributed by atoms with Gasteiger partial charge < -0.3 is 5.73 Å². The van der Waals surface area contributed by atoms with Gasteiger partial charge in [-0.25, -0.2) is 0 Å². The summed E-state index contributed by atoms with van der Waals surface area (Å²) in [6.07, 6.45) is 1.36. The highest BCUT2D eigenvalue weighted by Crippen LogP contribution is 2.30. The van der Waals surface area contributed by atoms with E-state index < -0.39 is 22.2 Å². The van der Waals surface area contributed by atoms with Crippen LogP contribution in [0.25, 0.3) is 0 Å². The minimum atomic E-state index is -3.72. The predicted octanol–water partition coefficient (Wildman–Crippen LogP) is 1.12. The smallest absolute Gasteiger partial charge is 0.283 e. The van der Waals surface area contributed by atoms with Gasteiger partial charge in [0.25, 0.3) is 10.2 Å². The van der Waals surface area contributed by atoms with Crippen LogP contribution in [0.3, 0.4) is 0 Å². The van der Waals surface area contributed by atoms with Crippen molar-refractivity contribution < 1.29 is 13.2 Å². The fraction of sp³-hybridized carbons (Fsp3) is 0.588. The zero-order valence-corrected chi connectivity index (χ0v) is 15.0. The van der Waals surface area contributed by atoms with E-state index in [2.05, 4.69) is 13.8 Å². The average Bonchev–Trinajstić information content (AvgIpc) is 2.52. The first-order valence-corrected chi connectivity index (χ1v) is 9.81. The topological polar surface area (TPSA) is 83.7 Å². The van der Waals surface area contributed by atoms with Crippen molar-refractivity contribution in [3.8, 4) is 0 Å². The van der Waals surface area contributed by atoms with Crippen LogP contribution in [0.15, 0.2) is 24.3 Å². The molecular formula is C17H25N3O3S. The van der Waals surface area contributed by atoms with Crippen molar-refractivity contribution in [2.45, 2.75) is 39.3 Å². The van der Waals surface area contributed by atoms with Crippen molar-refractivity contribution in [2.75, 3.05) is 13.1 Å². The van der Waals surface area contributed by atoms with Gasteiger partial charge in [-0.1, -0.05) is 38.1 Å². The highest BCUT2D eigenvalue weighted by atomic mass is 32.2. The van der Waals surface area contributed by atoms with Crippen LogP contribution < -0.4 is 5.73 Å². The number of carbonyl (C=O) groups is 1. The van der Waals surface area contributed by atoms with Gasteiger partial charge in [-0.2, -0.15) is 17.0 Å². The fourth-order valence-electron chi connectivity index (χ4n) is 3.93. The average molecular weight is 351 g/mol. The Morgan fingerprint density at radius 2 is 1.71 bits per heavy atom. The molecule has 1 aromatic rings. The third-order valence-electron chi connectivity index (χ3n) is 4.99. The lowest BCUT2D eigenvalue weighted by molar-refractivity contribution is -0.122. The van der Waals surface area contributed by atoms with E-state index in [4.69, 9.17) is 5.73 Å². The highest BCUT2D eigenvalue weighted by molar-refractivity contribution is 7.86. The van der Waals surface area contributed by atoms with Crippen LogP contribution in [0.5, 0.6) is 0 Å². The molecule has 0 radical (unpaired) electrons. The molecule has 7 heteroatoms. The Morgan fingerprint density at radius 3 is 2.29 bits per heavy atom. The number of hydrogen-bond acceptors (Lipinski definition) is 3. The summed E-state index contributed by atoms with van der Waals surface area (Å²) in [5, 5.41) is 0. The standard InChI is InChI=1S/C17H25N3O3S/c1-12-7-13(2)10-19(9-12)24(22,23)20-11-15-6-4-3-5-14(15)8-16(20)17(18)21/h3-6,12-13,16H,7-11H2,1-2H3,(H2,18,21)/t12-,13-,16-/m0/s1. The molecular weight excluding hydrogens is 326 g/mol. The summed E-state index contributed by atoms with van der Waals surface area (Å²) < 4.78 is 29.2. The normalized spacial score (nSPS) is 29.2. The molecule has 24 heavy (non-hydrogen) atoms. The van der Waals surface area contributed by atoms with Gasteiger partial charge >= 0.3 is 0 Å². The van der Waals surface area contributed by atoms with Gasteiger partial charge in [0.2, 0.25) is 5.91 Å². The number of fused-ring (bicyclic) bond motifs is 1. The minimum Gasteiger partial charge on any atom is -0.368 e. The van der Waals surface area contributed by atoms with Crippen molar-refractivity contribution >= 4 is 16.1 Å². The van der Waals surface area contributed by atoms with E-state index in [1.54, 1.807) is 0 Å². The van der Waals surface area contributed by atoms with Gasteiger partial charge in [0.1, 0.15) is 6.04 Å². The molecule has 0 saturated carbocycles. The summed E-state index contributed by atoms with van der Waals surface area (Å²) in [7, 11) is -3.72. The van der Waals surface area contributed by atoms with E-state index >= 15 is 0 Å². The summed E-state index contributed by atoms with van der Waals surface area (Å²) in [4.78, 5) is 11.9. The molecule has 2 aliphatic heterocycles. The molecule has 1 aromatic carbocycles. The summed E-state index contributed by atoms with van der Waals surface area (Å²) in [5.74, 6) is 0.0337. The Balaban J connectivity index is 1.94. The molecule has 0 spiro atoms. The van der Waals surface area contributed by atoms with Crippen LogP contribution in [0.1, 0.15) is 31.4 Å². The lowest BCUT2D eigenvalue weighted by Gasteiger charge is -2.41. The summed E-state index contributed by atoms with van der Waals surface area (Å²) in [6.45, 7) is 5.32. The first kappa shape index (κ1) is 17.4. The van der Waals surface area contributed by atoms with Crippen LogP contribution >= 0.6 is 0 Å². The molecule has 0 unspecified atom stereocenters. The van der Waals surface area contributed by atoms with Gasteiger partial charge in [-0.3, -0.25) is 4.79 Å². The Labute approximate surface area is 143 Å². The van der Waals surface area contributed by atoms with Crippen molar-refractivity contribution in [1.29, 1.82) is 0 Å². The summed E-state index contributed by atoms with van der Waals surface area (Å²) in [5.41, 5.74) is 7.47. The fourth-order valence-corrected chi connectivity index (χ4v) is 5.91. The van der Waals surface area contributed by atoms with Gasteiger partial charge in [0, 0.05) is 19.6 Å². The van der Waals surface area contributed by atoms with Crippen molar-refractivity contribution in [1.82, 2.24) is 8.61 Å². The van der Waals surface area contributed by atoms with Crippen LogP contribution in [-0.4, -0.2) is 42.1 Å². The molecule has 0 bridgehead atoms. The van der Waals surface area contributed by atoms with E-state index in [0.29, 0.717) is 31.3 Å². The second kappa shape index (κ2) is 6.46. The molecule has 0 aliphatic carbocycles. The second-order valence-electron chi connectivity index (χ2n) is 7.21. The second-order valence-corrected chi connectivity index (χ2v) is 9.09. The zero-order valence-electron chi connectivity index (χ0n) is 14.2. The van der Waals surface area contributed by atoms with E-state index in [0.717, 1.165) is 17.5 Å². The van der Waals surface area contributed by atoms with E-state index in [1.807, 2.05) is 24.3 Å². The van der Waals surface area contributed by atoms with Gasteiger partial charge in [-0.05, 0) is 35.8 Å². The molecule has 2 heterocycles. The lowest BCUT2D eigenvalue weighted by atomic mass is 9.94. The van der Waals surface area contributed by atoms with Gasteiger partial charge in [0.15, 0.2) is 0 Å². The third-order valence-corrected chi connectivity index (χ3v) is 6.92. The number of piperidine rings is 1. The van der Waals surface area contributed by atoms with Crippen molar-refractivity contribution in [3.05, 3.63) is 35.4 Å². The maximum atomic E-state index is 13.2. The molecule has 132 valence electrons. The van der Waals surface area contributed by atoms with Crippen LogP contribution in [-0.2, 0) is 28.0 Å². The quantitative estimate of drug-likeness (QED) is 0.886. The van der Waals surface area contributed by atoms with E-state index in [-0.39, 0.29) is 6.54 Å². The first-order chi connectivity index (χ1) is 11.3. The highest BCUT2D eigenvalue weighted by Gasteiger charge is 2.42. The molecule has 1 amide bonds. The SMILES string of the molecule is C[C@H]1C[C@H](C)CN(S(=O)(=O)N2Cc3ccccc3C[C@H]2C(N)=O)C1. The molecule has 6 nitrogen and oxygen atoms in total. The Morgan fingerprint density at radius 1 is 1.12 bits per heavy atom. The number of benzene rings is 1. The first-order valence-electron chi connectivity index (χ1n) is 8.42. The van der Waals surface area contributed by atoms with Crippen molar-refractivity contribution in [2.24, 2.45) is 17.6 Å². The monoisotopic (exact) mass is 351 g/mol. The van der Waals surface area contributed by atoms with E-state index in [9.17, 15) is 13.2 Å². The maximum Gasteiger partial charge on any atom is 0.283 e. The van der Waals surface area contributed by atoms with Crippen LogP contribution in [0.4, 0.5) is 0 Å². The predicted molar refractivity (Wildman–Crippen MR) is 92.1 cm³/mol. The number of amides is 1. The van der Waals surface area contributed by atoms with Crippen molar-refractivity contribution in [3.63, 3.8) is 0 Å². The van der Waals surface area contributed by atoms with Gasteiger partial charge in [0.05, 0.1) is 0 Å². The van der Waals surface area contributed by atoms with E-state index in [1.165, 1.54) is 8.61 Å². The molecule has 1 fully saturated rings. The van der Waals surface area contributed by atoms with Crippen LogP contribution in [0, 0.1) is 11.8 Å². The Hall–Kier alpha value is -1.44. The zero-order chi connectivity index (χ0) is 17.5. The number of carbonyl (C=O) groups excluding carboxylic acids is 1. The molecule has 2 N–H and O–H groups in total. The Bertz CT molecular complexity index is 724.